The Morgan fingerprint density at radius 1 is 0.425 bits per heavy atom. The molecular weight excluding hydrogens is 552 g/mol. The highest BCUT2D eigenvalue weighted by atomic mass is 32.3. The van der Waals surface area contributed by atoms with E-state index in [9.17, 15) is 16.8 Å². The van der Waals surface area contributed by atoms with Crippen LogP contribution in [-0.2, 0) is 29.2 Å². The maximum Gasteiger partial charge on any atom is 0.397 e. The Labute approximate surface area is 247 Å². The van der Waals surface area contributed by atoms with Crippen molar-refractivity contribution in [2.45, 2.75) is 168 Å². The number of hydrogen-bond donors (Lipinski definition) is 2. The van der Waals surface area contributed by atoms with E-state index >= 15 is 0 Å². The first kappa shape index (κ1) is 39.7. The van der Waals surface area contributed by atoms with Gasteiger partial charge in [0.25, 0.3) is 0 Å². The van der Waals surface area contributed by atoms with Gasteiger partial charge in [-0.3, -0.25) is 9.11 Å². The van der Waals surface area contributed by atoms with Gasteiger partial charge < -0.3 is 0 Å². The summed E-state index contributed by atoms with van der Waals surface area (Å²) in [5, 5.41) is 0. The van der Waals surface area contributed by atoms with E-state index in [0.29, 0.717) is 0 Å². The van der Waals surface area contributed by atoms with E-state index in [0.717, 1.165) is 77.0 Å². The molecule has 2 unspecified atom stereocenters. The van der Waals surface area contributed by atoms with Crippen LogP contribution in [0.5, 0.6) is 0 Å². The zero-order chi connectivity index (χ0) is 30.0. The zero-order valence-corrected chi connectivity index (χ0v) is 27.3. The molecule has 0 aliphatic rings. The molecule has 0 aromatic rings. The molecule has 0 aliphatic carbocycles. The van der Waals surface area contributed by atoms with Crippen molar-refractivity contribution >= 4 is 20.8 Å². The summed E-state index contributed by atoms with van der Waals surface area (Å²) in [4.78, 5) is 0. The van der Waals surface area contributed by atoms with Gasteiger partial charge in [-0.15, -0.1) is 0 Å². The van der Waals surface area contributed by atoms with Gasteiger partial charge in [0.1, 0.15) is 0 Å². The molecule has 0 saturated carbocycles. The lowest BCUT2D eigenvalue weighted by Crippen LogP contribution is -2.15. The van der Waals surface area contributed by atoms with E-state index < -0.39 is 20.8 Å². The lowest BCUT2D eigenvalue weighted by molar-refractivity contribution is 0.200. The summed E-state index contributed by atoms with van der Waals surface area (Å²) in [5.74, 6) is 0.222. The minimum absolute atomic E-state index is 0.0307. The van der Waals surface area contributed by atoms with Gasteiger partial charge >= 0.3 is 20.8 Å². The first-order chi connectivity index (χ1) is 19.1. The third kappa shape index (κ3) is 30.7. The van der Waals surface area contributed by atoms with Crippen LogP contribution in [0.4, 0.5) is 0 Å². The molecule has 40 heavy (non-hydrogen) atoms. The normalized spacial score (nSPS) is 14.0. The van der Waals surface area contributed by atoms with Crippen molar-refractivity contribution < 1.29 is 34.3 Å². The van der Waals surface area contributed by atoms with Crippen molar-refractivity contribution in [3.05, 3.63) is 0 Å². The molecule has 0 heterocycles. The maximum absolute atomic E-state index is 11.1. The van der Waals surface area contributed by atoms with Crippen molar-refractivity contribution in [2.24, 2.45) is 11.8 Å². The van der Waals surface area contributed by atoms with Crippen LogP contribution in [0.2, 0.25) is 0 Å². The van der Waals surface area contributed by atoms with E-state index in [2.05, 4.69) is 13.8 Å². The molecule has 0 spiro atoms. The molecule has 0 amide bonds. The van der Waals surface area contributed by atoms with Crippen molar-refractivity contribution in [3.8, 4) is 0 Å². The first-order valence-corrected chi connectivity index (χ1v) is 19.0. The highest BCUT2D eigenvalue weighted by Gasteiger charge is 2.15. The van der Waals surface area contributed by atoms with Crippen LogP contribution in [0.1, 0.15) is 168 Å². The fraction of sp³-hybridized carbons (Fsp3) is 1.00. The van der Waals surface area contributed by atoms with E-state index in [1.165, 1.54) is 77.0 Å². The van der Waals surface area contributed by atoms with Crippen LogP contribution < -0.4 is 0 Å². The third-order valence-corrected chi connectivity index (χ3v) is 8.68. The second kappa shape index (κ2) is 26.4. The number of hydrogen-bond acceptors (Lipinski definition) is 6. The summed E-state index contributed by atoms with van der Waals surface area (Å²) in [6.45, 7) is 4.49. The summed E-state index contributed by atoms with van der Waals surface area (Å²) < 4.78 is 71.6. The molecule has 0 rings (SSSR count). The van der Waals surface area contributed by atoms with Gasteiger partial charge in [-0.2, -0.15) is 16.8 Å². The molecule has 2 atom stereocenters. The molecule has 0 aliphatic heterocycles. The third-order valence-electron chi connectivity index (χ3n) is 7.81. The predicted molar refractivity (Wildman–Crippen MR) is 164 cm³/mol. The van der Waals surface area contributed by atoms with Crippen molar-refractivity contribution in [1.82, 2.24) is 0 Å². The van der Waals surface area contributed by atoms with Crippen LogP contribution >= 0.6 is 0 Å². The van der Waals surface area contributed by atoms with Gasteiger partial charge in [-0.05, 0) is 37.5 Å². The van der Waals surface area contributed by atoms with Gasteiger partial charge in [-0.1, -0.05) is 142 Å². The summed E-state index contributed by atoms with van der Waals surface area (Å²) in [6.07, 6.45) is 27.0. The van der Waals surface area contributed by atoms with Crippen LogP contribution in [-0.4, -0.2) is 39.2 Å². The van der Waals surface area contributed by atoms with Crippen LogP contribution in [0.3, 0.4) is 0 Å². The van der Waals surface area contributed by atoms with Crippen molar-refractivity contribution in [3.63, 3.8) is 0 Å². The van der Waals surface area contributed by atoms with Gasteiger partial charge in [0.2, 0.25) is 0 Å². The monoisotopic (exact) mass is 614 g/mol. The highest BCUT2D eigenvalue weighted by molar-refractivity contribution is 7.81. The van der Waals surface area contributed by atoms with E-state index in [4.69, 9.17) is 17.5 Å². The lowest BCUT2D eigenvalue weighted by Gasteiger charge is -2.17. The van der Waals surface area contributed by atoms with Gasteiger partial charge in [0.05, 0.1) is 13.2 Å². The highest BCUT2D eigenvalue weighted by Crippen LogP contribution is 2.23. The molecule has 0 saturated heterocycles. The summed E-state index contributed by atoms with van der Waals surface area (Å²) in [7, 11) is -8.84. The molecule has 2 N–H and O–H groups in total. The fourth-order valence-corrected chi connectivity index (χ4v) is 6.07. The standard InChI is InChI=1S/C30H62O8S2/c1-3-5-7-9-11-13-15-19-23-29(27-37-39(31,32)33)25-21-17-18-22-26-30(28-38-40(34,35)36)24-20-16-14-12-10-8-6-4-2/h29-30H,3-28H2,1-2H3,(H,31,32,33)(H,34,35,36). The Morgan fingerprint density at radius 3 is 0.875 bits per heavy atom. The average molecular weight is 615 g/mol. The second-order valence-corrected chi connectivity index (χ2v) is 13.9. The Bertz CT molecular complexity index is 692. The molecule has 0 aromatic carbocycles. The van der Waals surface area contributed by atoms with Gasteiger partial charge in [-0.25, -0.2) is 8.37 Å². The quantitative estimate of drug-likeness (QED) is 0.0584. The zero-order valence-electron chi connectivity index (χ0n) is 25.7. The van der Waals surface area contributed by atoms with Crippen LogP contribution in [0.25, 0.3) is 0 Å². The van der Waals surface area contributed by atoms with Gasteiger partial charge in [0.15, 0.2) is 0 Å². The minimum atomic E-state index is -4.42. The van der Waals surface area contributed by atoms with Crippen LogP contribution in [0.15, 0.2) is 0 Å². The second-order valence-electron chi connectivity index (χ2n) is 11.7. The Hall–Kier alpha value is -0.260. The molecule has 0 aromatic heterocycles. The van der Waals surface area contributed by atoms with E-state index in [1.54, 1.807) is 0 Å². The smallest absolute Gasteiger partial charge is 0.264 e. The Morgan fingerprint density at radius 2 is 0.650 bits per heavy atom. The molecule has 10 heteroatoms. The predicted octanol–water partition coefficient (Wildman–Crippen LogP) is 9.26. The molecular formula is C30H62O8S2. The minimum Gasteiger partial charge on any atom is -0.264 e. The van der Waals surface area contributed by atoms with Crippen molar-refractivity contribution in [1.29, 1.82) is 0 Å². The molecule has 0 radical (unpaired) electrons. The summed E-state index contributed by atoms with van der Waals surface area (Å²) in [6, 6.07) is 0. The lowest BCUT2D eigenvalue weighted by atomic mass is 9.93. The number of unbranched alkanes of at least 4 members (excludes halogenated alkanes) is 17. The Kier molecular flexibility index (Phi) is 26.2. The summed E-state index contributed by atoms with van der Waals surface area (Å²) >= 11 is 0. The van der Waals surface area contributed by atoms with E-state index in [-0.39, 0.29) is 25.0 Å². The SMILES string of the molecule is CCCCCCCCCCC(CCCCCCC(CCCCCCCCCC)COS(=O)(=O)O)COS(=O)(=O)O. The molecule has 0 bridgehead atoms. The maximum atomic E-state index is 11.1. The van der Waals surface area contributed by atoms with Crippen LogP contribution in [0, 0.1) is 11.8 Å². The first-order valence-electron chi connectivity index (χ1n) is 16.3. The molecule has 8 nitrogen and oxygen atoms in total. The van der Waals surface area contributed by atoms with Gasteiger partial charge in [0, 0.05) is 0 Å². The fourth-order valence-electron chi connectivity index (χ4n) is 5.34. The molecule has 0 fully saturated rings. The van der Waals surface area contributed by atoms with Crippen molar-refractivity contribution in [2.75, 3.05) is 13.2 Å². The number of rotatable bonds is 31. The summed E-state index contributed by atoms with van der Waals surface area (Å²) in [5.41, 5.74) is 0. The van der Waals surface area contributed by atoms with E-state index in [1.807, 2.05) is 0 Å². The largest absolute Gasteiger partial charge is 0.397 e. The molecule has 242 valence electrons. The Balaban J connectivity index is 4.29. The average Bonchev–Trinajstić information content (AvgIpc) is 2.88. The topological polar surface area (TPSA) is 127 Å².